The van der Waals surface area contributed by atoms with Crippen LogP contribution < -0.4 is 5.32 Å². The molecule has 3 atom stereocenters. The number of ether oxygens (including phenoxy) is 2. The van der Waals surface area contributed by atoms with Crippen molar-refractivity contribution in [3.8, 4) is 0 Å². The van der Waals surface area contributed by atoms with E-state index in [1.165, 1.54) is 7.11 Å². The highest BCUT2D eigenvalue weighted by Gasteiger charge is 2.37. The highest BCUT2D eigenvalue weighted by molar-refractivity contribution is 5.80. The SMILES string of the molecule is CCCNC(C)(CC(C)N1CCOCC1C)C(=O)OC. The normalized spacial score (nSPS) is 24.9. The molecular formula is C15H30N2O3. The zero-order valence-corrected chi connectivity index (χ0v) is 13.6. The van der Waals surface area contributed by atoms with Crippen LogP contribution in [0.3, 0.4) is 0 Å². The molecule has 5 heteroatoms. The molecule has 118 valence electrons. The van der Waals surface area contributed by atoms with E-state index in [4.69, 9.17) is 9.47 Å². The van der Waals surface area contributed by atoms with Gasteiger partial charge in [0.2, 0.25) is 0 Å². The van der Waals surface area contributed by atoms with Crippen LogP contribution in [-0.2, 0) is 14.3 Å². The van der Waals surface area contributed by atoms with E-state index in [0.717, 1.165) is 39.1 Å². The summed E-state index contributed by atoms with van der Waals surface area (Å²) in [5, 5.41) is 3.35. The van der Waals surface area contributed by atoms with Gasteiger partial charge in [-0.2, -0.15) is 0 Å². The Hall–Kier alpha value is -0.650. The van der Waals surface area contributed by atoms with Gasteiger partial charge in [0.05, 0.1) is 20.3 Å². The second-order valence-electron chi connectivity index (χ2n) is 5.97. The van der Waals surface area contributed by atoms with Crippen molar-refractivity contribution in [2.24, 2.45) is 0 Å². The van der Waals surface area contributed by atoms with Gasteiger partial charge in [0, 0.05) is 18.6 Å². The Balaban J connectivity index is 2.69. The third kappa shape index (κ3) is 4.43. The molecule has 0 aliphatic carbocycles. The predicted octanol–water partition coefficient (Wildman–Crippen LogP) is 1.42. The summed E-state index contributed by atoms with van der Waals surface area (Å²) in [4.78, 5) is 14.5. The van der Waals surface area contributed by atoms with Crippen molar-refractivity contribution in [2.75, 3.05) is 33.4 Å². The summed E-state index contributed by atoms with van der Waals surface area (Å²) in [6.45, 7) is 11.7. The summed E-state index contributed by atoms with van der Waals surface area (Å²) in [6.07, 6.45) is 1.74. The molecule has 1 N–H and O–H groups in total. The van der Waals surface area contributed by atoms with E-state index in [2.05, 4.69) is 31.0 Å². The molecule has 1 saturated heterocycles. The van der Waals surface area contributed by atoms with E-state index < -0.39 is 5.54 Å². The van der Waals surface area contributed by atoms with Crippen molar-refractivity contribution in [1.29, 1.82) is 0 Å². The van der Waals surface area contributed by atoms with Crippen LogP contribution in [0.1, 0.15) is 40.5 Å². The van der Waals surface area contributed by atoms with Gasteiger partial charge in [-0.15, -0.1) is 0 Å². The molecule has 1 aliphatic rings. The Morgan fingerprint density at radius 2 is 2.30 bits per heavy atom. The maximum atomic E-state index is 12.1. The largest absolute Gasteiger partial charge is 0.468 e. The highest BCUT2D eigenvalue weighted by atomic mass is 16.5. The summed E-state index contributed by atoms with van der Waals surface area (Å²) in [7, 11) is 1.45. The molecule has 1 heterocycles. The fourth-order valence-corrected chi connectivity index (χ4v) is 2.96. The number of hydrogen-bond donors (Lipinski definition) is 1. The van der Waals surface area contributed by atoms with Gasteiger partial charge in [0.15, 0.2) is 0 Å². The van der Waals surface area contributed by atoms with Crippen LogP contribution in [-0.4, -0.2) is 61.9 Å². The van der Waals surface area contributed by atoms with Gasteiger partial charge in [-0.05, 0) is 40.2 Å². The van der Waals surface area contributed by atoms with Gasteiger partial charge in [-0.1, -0.05) is 6.92 Å². The van der Waals surface area contributed by atoms with E-state index in [1.54, 1.807) is 0 Å². The maximum absolute atomic E-state index is 12.1. The third-order valence-corrected chi connectivity index (χ3v) is 4.09. The fraction of sp³-hybridized carbons (Fsp3) is 0.933. The standard InChI is InChI=1S/C15H30N2O3/c1-6-7-16-15(4,14(18)19-5)10-12(2)17-8-9-20-11-13(17)3/h12-13,16H,6-11H2,1-5H3. The summed E-state index contributed by atoms with van der Waals surface area (Å²) in [6, 6.07) is 0.703. The first-order valence-corrected chi connectivity index (χ1v) is 7.61. The predicted molar refractivity (Wildman–Crippen MR) is 79.8 cm³/mol. The molecule has 5 nitrogen and oxygen atoms in total. The van der Waals surface area contributed by atoms with Crippen LogP contribution in [0.4, 0.5) is 0 Å². The minimum atomic E-state index is -0.623. The quantitative estimate of drug-likeness (QED) is 0.717. The van der Waals surface area contributed by atoms with Gasteiger partial charge in [-0.3, -0.25) is 9.69 Å². The highest BCUT2D eigenvalue weighted by Crippen LogP contribution is 2.21. The summed E-state index contributed by atoms with van der Waals surface area (Å²) in [5.74, 6) is -0.182. The number of esters is 1. The molecule has 3 unspecified atom stereocenters. The van der Waals surface area contributed by atoms with Crippen LogP contribution in [0.2, 0.25) is 0 Å². The Kier molecular flexibility index (Phi) is 6.92. The summed E-state index contributed by atoms with van der Waals surface area (Å²) in [5.41, 5.74) is -0.623. The first-order valence-electron chi connectivity index (χ1n) is 7.61. The van der Waals surface area contributed by atoms with Crippen LogP contribution in [0, 0.1) is 0 Å². The monoisotopic (exact) mass is 286 g/mol. The van der Waals surface area contributed by atoms with Crippen molar-refractivity contribution in [1.82, 2.24) is 10.2 Å². The minimum absolute atomic E-state index is 0.182. The third-order valence-electron chi connectivity index (χ3n) is 4.09. The molecule has 0 aromatic rings. The van der Waals surface area contributed by atoms with Gasteiger partial charge in [0.1, 0.15) is 5.54 Å². The molecule has 0 saturated carbocycles. The number of carbonyl (C=O) groups is 1. The molecule has 0 radical (unpaired) electrons. The van der Waals surface area contributed by atoms with Crippen LogP contribution in [0.5, 0.6) is 0 Å². The number of nitrogens with one attached hydrogen (secondary N) is 1. The average molecular weight is 286 g/mol. The molecule has 0 spiro atoms. The van der Waals surface area contributed by atoms with Crippen molar-refractivity contribution < 1.29 is 14.3 Å². The van der Waals surface area contributed by atoms with E-state index >= 15 is 0 Å². The fourth-order valence-electron chi connectivity index (χ4n) is 2.96. The van der Waals surface area contributed by atoms with Crippen molar-refractivity contribution in [3.05, 3.63) is 0 Å². The Labute approximate surface area is 123 Å². The minimum Gasteiger partial charge on any atom is -0.468 e. The Bertz CT molecular complexity index is 311. The van der Waals surface area contributed by atoms with E-state index in [-0.39, 0.29) is 5.97 Å². The molecule has 1 aliphatic heterocycles. The van der Waals surface area contributed by atoms with Crippen molar-refractivity contribution in [3.63, 3.8) is 0 Å². The van der Waals surface area contributed by atoms with Gasteiger partial charge >= 0.3 is 5.97 Å². The lowest BCUT2D eigenvalue weighted by Crippen LogP contribution is -2.56. The van der Waals surface area contributed by atoms with Gasteiger partial charge in [-0.25, -0.2) is 0 Å². The number of hydrogen-bond acceptors (Lipinski definition) is 5. The molecule has 0 aromatic carbocycles. The lowest BCUT2D eigenvalue weighted by Gasteiger charge is -2.41. The average Bonchev–Trinajstić information content (AvgIpc) is 2.44. The summed E-state index contributed by atoms with van der Waals surface area (Å²) < 4.78 is 10.5. The first-order chi connectivity index (χ1) is 9.44. The first kappa shape index (κ1) is 17.4. The zero-order chi connectivity index (χ0) is 15.2. The molecule has 0 aromatic heterocycles. The molecule has 0 bridgehead atoms. The Morgan fingerprint density at radius 3 is 2.85 bits per heavy atom. The molecule has 1 rings (SSSR count). The maximum Gasteiger partial charge on any atom is 0.325 e. The number of morpholine rings is 1. The van der Waals surface area contributed by atoms with E-state index in [0.29, 0.717) is 12.1 Å². The van der Waals surface area contributed by atoms with Gasteiger partial charge < -0.3 is 14.8 Å². The number of nitrogens with zero attached hydrogens (tertiary/aromatic N) is 1. The molecular weight excluding hydrogens is 256 g/mol. The second-order valence-corrected chi connectivity index (χ2v) is 5.97. The summed E-state index contributed by atoms with van der Waals surface area (Å²) >= 11 is 0. The Morgan fingerprint density at radius 1 is 1.60 bits per heavy atom. The molecule has 1 fully saturated rings. The second kappa shape index (κ2) is 7.96. The van der Waals surface area contributed by atoms with Gasteiger partial charge in [0.25, 0.3) is 0 Å². The number of methoxy groups -OCH3 is 1. The number of rotatable bonds is 7. The van der Waals surface area contributed by atoms with E-state index in [1.807, 2.05) is 6.92 Å². The topological polar surface area (TPSA) is 50.8 Å². The van der Waals surface area contributed by atoms with Crippen molar-refractivity contribution >= 4 is 5.97 Å². The number of carbonyl (C=O) groups excluding carboxylic acids is 1. The van der Waals surface area contributed by atoms with Crippen LogP contribution in [0.15, 0.2) is 0 Å². The smallest absolute Gasteiger partial charge is 0.325 e. The molecule has 20 heavy (non-hydrogen) atoms. The lowest BCUT2D eigenvalue weighted by atomic mass is 9.92. The zero-order valence-electron chi connectivity index (χ0n) is 13.6. The lowest BCUT2D eigenvalue weighted by molar-refractivity contribution is -0.149. The van der Waals surface area contributed by atoms with E-state index in [9.17, 15) is 4.79 Å². The molecule has 0 amide bonds. The van der Waals surface area contributed by atoms with Crippen LogP contribution >= 0.6 is 0 Å². The van der Waals surface area contributed by atoms with Crippen LogP contribution in [0.25, 0.3) is 0 Å². The van der Waals surface area contributed by atoms with Crippen molar-refractivity contribution in [2.45, 2.75) is 58.2 Å².